The van der Waals surface area contributed by atoms with E-state index in [0.29, 0.717) is 30.7 Å². The molecule has 0 aliphatic rings. The number of rotatable bonds is 8. The van der Waals surface area contributed by atoms with Crippen molar-refractivity contribution in [2.24, 2.45) is 0 Å². The van der Waals surface area contributed by atoms with E-state index < -0.39 is 0 Å². The molecule has 7 heteroatoms. The van der Waals surface area contributed by atoms with E-state index in [2.05, 4.69) is 16.8 Å². The fourth-order valence-corrected chi connectivity index (χ4v) is 2.30. The number of hydrogen-bond donors (Lipinski definition) is 0. The Bertz CT molecular complexity index is 434. The third-order valence-corrected chi connectivity index (χ3v) is 3.34. The zero-order valence-electron chi connectivity index (χ0n) is 11.5. The average molecular weight is 285 g/mol. The Labute approximate surface area is 117 Å². The number of methoxy groups -OCH3 is 1. The van der Waals surface area contributed by atoms with Crippen molar-refractivity contribution >= 4 is 17.7 Å². The van der Waals surface area contributed by atoms with Crippen LogP contribution >= 0.6 is 11.8 Å². The molecule has 0 amide bonds. The third kappa shape index (κ3) is 4.36. The lowest BCUT2D eigenvalue weighted by molar-refractivity contribution is -0.142. The van der Waals surface area contributed by atoms with Gasteiger partial charge in [-0.15, -0.1) is 16.8 Å². The molecule has 0 spiro atoms. The van der Waals surface area contributed by atoms with Crippen LogP contribution < -0.4 is 0 Å². The van der Waals surface area contributed by atoms with Crippen molar-refractivity contribution in [1.82, 2.24) is 14.8 Å². The Morgan fingerprint density at radius 1 is 1.58 bits per heavy atom. The first-order valence-corrected chi connectivity index (χ1v) is 6.87. The van der Waals surface area contributed by atoms with Gasteiger partial charge in [-0.1, -0.05) is 17.8 Å². The van der Waals surface area contributed by atoms with Crippen LogP contribution in [0, 0.1) is 0 Å². The van der Waals surface area contributed by atoms with Gasteiger partial charge in [-0.05, 0) is 13.8 Å². The lowest BCUT2D eigenvalue weighted by atomic mass is 10.5. The fourth-order valence-electron chi connectivity index (χ4n) is 1.42. The number of carbonyl (C=O) groups is 1. The Morgan fingerprint density at radius 3 is 2.89 bits per heavy atom. The first-order chi connectivity index (χ1) is 9.13. The molecule has 1 heterocycles. The lowest BCUT2D eigenvalue weighted by Crippen LogP contribution is -2.17. The van der Waals surface area contributed by atoms with E-state index in [9.17, 15) is 4.79 Å². The molecule has 1 aromatic heterocycles. The monoisotopic (exact) mass is 285 g/mol. The summed E-state index contributed by atoms with van der Waals surface area (Å²) in [6.07, 6.45) is 1.75. The van der Waals surface area contributed by atoms with Gasteiger partial charge in [-0.2, -0.15) is 0 Å². The molecule has 1 aromatic rings. The van der Waals surface area contributed by atoms with Crippen molar-refractivity contribution in [2.75, 3.05) is 13.7 Å². The van der Waals surface area contributed by atoms with Gasteiger partial charge < -0.3 is 14.0 Å². The van der Waals surface area contributed by atoms with Crippen LogP contribution in [0.4, 0.5) is 0 Å². The summed E-state index contributed by atoms with van der Waals surface area (Å²) in [5, 5.41) is 8.46. The van der Waals surface area contributed by atoms with Gasteiger partial charge in [0, 0.05) is 13.7 Å². The maximum atomic E-state index is 11.6. The minimum atomic E-state index is -0.330. The molecule has 6 nitrogen and oxygen atoms in total. The van der Waals surface area contributed by atoms with E-state index in [1.165, 1.54) is 11.8 Å². The predicted molar refractivity (Wildman–Crippen MR) is 72.9 cm³/mol. The summed E-state index contributed by atoms with van der Waals surface area (Å²) in [7, 11) is 1.60. The summed E-state index contributed by atoms with van der Waals surface area (Å²) < 4.78 is 11.9. The summed E-state index contributed by atoms with van der Waals surface area (Å²) in [6, 6.07) is 0. The summed E-state index contributed by atoms with van der Waals surface area (Å²) in [4.78, 5) is 11.6. The van der Waals surface area contributed by atoms with Gasteiger partial charge in [0.15, 0.2) is 11.0 Å². The van der Waals surface area contributed by atoms with Crippen molar-refractivity contribution in [3.8, 4) is 0 Å². The molecule has 0 aromatic carbocycles. The molecule has 0 aliphatic heterocycles. The highest BCUT2D eigenvalue weighted by Crippen LogP contribution is 2.23. The van der Waals surface area contributed by atoms with Crippen LogP contribution in [-0.4, -0.2) is 39.7 Å². The molecule has 0 saturated carbocycles. The lowest BCUT2D eigenvalue weighted by Gasteiger charge is -2.11. The highest BCUT2D eigenvalue weighted by Gasteiger charge is 2.20. The molecule has 1 unspecified atom stereocenters. The van der Waals surface area contributed by atoms with E-state index in [-0.39, 0.29) is 11.2 Å². The van der Waals surface area contributed by atoms with Gasteiger partial charge in [0.05, 0.1) is 6.61 Å². The molecule has 0 aliphatic carbocycles. The second kappa shape index (κ2) is 7.96. The maximum absolute atomic E-state index is 11.6. The number of allylic oxidation sites excluding steroid dienone is 1. The van der Waals surface area contributed by atoms with Crippen molar-refractivity contribution in [1.29, 1.82) is 0 Å². The first-order valence-electron chi connectivity index (χ1n) is 5.99. The zero-order chi connectivity index (χ0) is 14.3. The maximum Gasteiger partial charge on any atom is 0.319 e. The molecule has 0 bridgehead atoms. The number of hydrogen-bond acceptors (Lipinski definition) is 6. The van der Waals surface area contributed by atoms with Crippen LogP contribution in [0.15, 0.2) is 17.8 Å². The zero-order valence-corrected chi connectivity index (χ0v) is 12.3. The Kier molecular flexibility index (Phi) is 6.58. The largest absolute Gasteiger partial charge is 0.465 e. The smallest absolute Gasteiger partial charge is 0.319 e. The molecule has 0 fully saturated rings. The summed E-state index contributed by atoms with van der Waals surface area (Å²) >= 11 is 1.32. The quantitative estimate of drug-likeness (QED) is 0.411. The number of ether oxygens (including phenoxy) is 2. The molecular formula is C12H19N3O3S. The van der Waals surface area contributed by atoms with Crippen LogP contribution in [0.1, 0.15) is 19.7 Å². The van der Waals surface area contributed by atoms with Crippen molar-refractivity contribution in [3.05, 3.63) is 18.5 Å². The molecule has 0 N–H and O–H groups in total. The van der Waals surface area contributed by atoms with Crippen molar-refractivity contribution in [3.63, 3.8) is 0 Å². The van der Waals surface area contributed by atoms with Crippen LogP contribution in [0.25, 0.3) is 0 Å². The van der Waals surface area contributed by atoms with Crippen molar-refractivity contribution < 1.29 is 14.3 Å². The number of carbonyl (C=O) groups excluding carboxylic acids is 1. The Morgan fingerprint density at radius 2 is 2.32 bits per heavy atom. The van der Waals surface area contributed by atoms with Crippen LogP contribution in [0.5, 0.6) is 0 Å². The predicted octanol–water partition coefficient (Wildman–Crippen LogP) is 1.65. The second-order valence-corrected chi connectivity index (χ2v) is 5.05. The molecule has 19 heavy (non-hydrogen) atoms. The molecule has 0 saturated heterocycles. The van der Waals surface area contributed by atoms with E-state index in [4.69, 9.17) is 9.47 Å². The molecule has 1 rings (SSSR count). The molecule has 0 radical (unpaired) electrons. The number of aromatic nitrogens is 3. The molecular weight excluding hydrogens is 266 g/mol. The minimum absolute atomic E-state index is 0.256. The van der Waals surface area contributed by atoms with Crippen molar-refractivity contribution in [2.45, 2.75) is 37.4 Å². The number of esters is 1. The van der Waals surface area contributed by atoms with Crippen LogP contribution in [0.3, 0.4) is 0 Å². The van der Waals surface area contributed by atoms with E-state index >= 15 is 0 Å². The molecule has 106 valence electrons. The van der Waals surface area contributed by atoms with E-state index in [1.807, 2.05) is 4.57 Å². The highest BCUT2D eigenvalue weighted by atomic mass is 32.2. The highest BCUT2D eigenvalue weighted by molar-refractivity contribution is 8.00. The average Bonchev–Trinajstić information content (AvgIpc) is 2.74. The Balaban J connectivity index is 2.82. The number of nitrogens with zero attached hydrogens (tertiary/aromatic N) is 3. The van der Waals surface area contributed by atoms with E-state index in [1.54, 1.807) is 27.0 Å². The van der Waals surface area contributed by atoms with Crippen LogP contribution in [-0.2, 0) is 27.4 Å². The fraction of sp³-hybridized carbons (Fsp3) is 0.583. The topological polar surface area (TPSA) is 66.2 Å². The van der Waals surface area contributed by atoms with Crippen LogP contribution in [0.2, 0.25) is 0 Å². The summed E-state index contributed by atoms with van der Waals surface area (Å²) in [5.74, 6) is 0.454. The van der Waals surface area contributed by atoms with E-state index in [0.717, 1.165) is 0 Å². The minimum Gasteiger partial charge on any atom is -0.465 e. The normalized spacial score (nSPS) is 12.2. The number of thioether (sulfide) groups is 1. The summed E-state index contributed by atoms with van der Waals surface area (Å²) in [5.41, 5.74) is 0. The van der Waals surface area contributed by atoms with Gasteiger partial charge in [0.2, 0.25) is 0 Å². The molecule has 1 atom stereocenters. The second-order valence-electron chi connectivity index (χ2n) is 3.74. The third-order valence-electron chi connectivity index (χ3n) is 2.28. The standard InChI is InChI=1S/C12H19N3O3S/c1-5-7-15-10(8-17-4)13-14-12(15)19-9(3)11(16)18-6-2/h5,9H,1,6-8H2,2-4H3. The van der Waals surface area contributed by atoms with Gasteiger partial charge in [0.25, 0.3) is 0 Å². The SMILES string of the molecule is C=CCn1c(COC)nnc1SC(C)C(=O)OCC. The first kappa shape index (κ1) is 15.7. The van der Waals surface area contributed by atoms with Gasteiger partial charge in [-0.3, -0.25) is 4.79 Å². The Hall–Kier alpha value is -1.34. The van der Waals surface area contributed by atoms with Gasteiger partial charge >= 0.3 is 5.97 Å². The summed E-state index contributed by atoms with van der Waals surface area (Å²) in [6.45, 7) is 8.59. The van der Waals surface area contributed by atoms with Gasteiger partial charge in [0.1, 0.15) is 11.9 Å². The van der Waals surface area contributed by atoms with Gasteiger partial charge in [-0.25, -0.2) is 0 Å².